The van der Waals surface area contributed by atoms with Crippen molar-refractivity contribution >= 4 is 0 Å². The van der Waals surface area contributed by atoms with E-state index in [2.05, 4.69) is 29.2 Å². The number of nitrogens with zero attached hydrogens (tertiary/aromatic N) is 1. The van der Waals surface area contributed by atoms with E-state index in [4.69, 9.17) is 9.47 Å². The van der Waals surface area contributed by atoms with Crippen molar-refractivity contribution in [1.82, 2.24) is 4.90 Å². The van der Waals surface area contributed by atoms with Gasteiger partial charge in [-0.2, -0.15) is 0 Å². The van der Waals surface area contributed by atoms with Crippen molar-refractivity contribution < 1.29 is 9.47 Å². The molecule has 2 aliphatic heterocycles. The van der Waals surface area contributed by atoms with E-state index < -0.39 is 0 Å². The van der Waals surface area contributed by atoms with Crippen LogP contribution in [-0.2, 0) is 4.74 Å². The molecule has 20 heavy (non-hydrogen) atoms. The lowest BCUT2D eigenvalue weighted by molar-refractivity contribution is 0.0291. The van der Waals surface area contributed by atoms with Crippen LogP contribution in [0.2, 0.25) is 0 Å². The molecular weight excluding hydrogens is 250 g/mol. The van der Waals surface area contributed by atoms with Gasteiger partial charge in [0.2, 0.25) is 0 Å². The maximum absolute atomic E-state index is 5.54. The van der Waals surface area contributed by atoms with Gasteiger partial charge in [0.1, 0.15) is 5.75 Å². The molecule has 0 aromatic heterocycles. The molecule has 1 unspecified atom stereocenters. The van der Waals surface area contributed by atoms with Crippen molar-refractivity contribution in [3.05, 3.63) is 29.8 Å². The molecule has 3 heteroatoms. The Morgan fingerprint density at radius 3 is 2.60 bits per heavy atom. The Kier molecular flexibility index (Phi) is 4.58. The highest BCUT2D eigenvalue weighted by Gasteiger charge is 2.32. The molecule has 2 heterocycles. The first-order valence-electron chi connectivity index (χ1n) is 7.94. The molecule has 3 rings (SSSR count). The lowest BCUT2D eigenvalue weighted by Gasteiger charge is -2.35. The molecule has 2 fully saturated rings. The second kappa shape index (κ2) is 6.59. The van der Waals surface area contributed by atoms with Gasteiger partial charge in [0.05, 0.1) is 6.61 Å². The molecular formula is C17H25NO2. The minimum Gasteiger partial charge on any atom is -0.494 e. The summed E-state index contributed by atoms with van der Waals surface area (Å²) in [5, 5.41) is 0. The zero-order chi connectivity index (χ0) is 13.8. The molecule has 3 nitrogen and oxygen atoms in total. The van der Waals surface area contributed by atoms with Crippen molar-refractivity contribution in [2.75, 3.05) is 26.4 Å². The summed E-state index contributed by atoms with van der Waals surface area (Å²) in [7, 11) is 0. The number of hydrogen-bond donors (Lipinski definition) is 0. The number of ether oxygens (including phenoxy) is 2. The van der Waals surface area contributed by atoms with Crippen LogP contribution < -0.4 is 4.74 Å². The topological polar surface area (TPSA) is 21.7 Å². The van der Waals surface area contributed by atoms with Crippen LogP contribution in [0.3, 0.4) is 0 Å². The molecule has 110 valence electrons. The Balaban J connectivity index is 1.70. The Labute approximate surface area is 121 Å². The molecule has 0 amide bonds. The summed E-state index contributed by atoms with van der Waals surface area (Å²) >= 11 is 0. The van der Waals surface area contributed by atoms with Crippen LogP contribution in [-0.4, -0.2) is 37.3 Å². The van der Waals surface area contributed by atoms with Crippen LogP contribution in [0.5, 0.6) is 5.75 Å². The van der Waals surface area contributed by atoms with Crippen molar-refractivity contribution in [2.24, 2.45) is 0 Å². The fourth-order valence-corrected chi connectivity index (χ4v) is 3.55. The van der Waals surface area contributed by atoms with E-state index in [0.29, 0.717) is 12.1 Å². The fourth-order valence-electron chi connectivity index (χ4n) is 3.55. The second-order valence-electron chi connectivity index (χ2n) is 5.74. The van der Waals surface area contributed by atoms with Crippen molar-refractivity contribution in [3.8, 4) is 5.75 Å². The Morgan fingerprint density at radius 2 is 1.90 bits per heavy atom. The van der Waals surface area contributed by atoms with Gasteiger partial charge in [-0.15, -0.1) is 0 Å². The summed E-state index contributed by atoms with van der Waals surface area (Å²) in [6.45, 7) is 5.85. The molecule has 2 aliphatic rings. The molecule has 1 aromatic carbocycles. The third-order valence-corrected chi connectivity index (χ3v) is 4.53. The van der Waals surface area contributed by atoms with E-state index >= 15 is 0 Å². The average Bonchev–Trinajstić information content (AvgIpc) is 2.99. The third-order valence-electron chi connectivity index (χ3n) is 4.53. The summed E-state index contributed by atoms with van der Waals surface area (Å²) in [6.07, 6.45) is 4.97. The average molecular weight is 275 g/mol. The summed E-state index contributed by atoms with van der Waals surface area (Å²) in [5.74, 6) is 0.979. The van der Waals surface area contributed by atoms with E-state index in [1.807, 2.05) is 6.92 Å². The Hall–Kier alpha value is -1.06. The fraction of sp³-hybridized carbons (Fsp3) is 0.647. The zero-order valence-corrected chi connectivity index (χ0v) is 12.4. The minimum atomic E-state index is 0.591. The summed E-state index contributed by atoms with van der Waals surface area (Å²) in [5.41, 5.74) is 1.44. The third kappa shape index (κ3) is 2.99. The maximum atomic E-state index is 5.54. The standard InChI is InChI=1S/C17H25NO2/c1-2-20-16-7-5-14(6-8-16)17-4-3-11-18(17)15-9-12-19-13-10-15/h5-8,15,17H,2-4,9-13H2,1H3. The molecule has 0 saturated carbocycles. The number of benzene rings is 1. The van der Waals surface area contributed by atoms with Crippen LogP contribution in [0.4, 0.5) is 0 Å². The predicted octanol–water partition coefficient (Wildman–Crippen LogP) is 3.40. The first kappa shape index (κ1) is 13.9. The van der Waals surface area contributed by atoms with Crippen LogP contribution in [0.25, 0.3) is 0 Å². The largest absolute Gasteiger partial charge is 0.494 e. The van der Waals surface area contributed by atoms with Gasteiger partial charge in [0, 0.05) is 25.3 Å². The molecule has 2 saturated heterocycles. The Bertz CT molecular complexity index is 412. The van der Waals surface area contributed by atoms with Crippen molar-refractivity contribution in [3.63, 3.8) is 0 Å². The normalized spacial score (nSPS) is 24.9. The zero-order valence-electron chi connectivity index (χ0n) is 12.4. The monoisotopic (exact) mass is 275 g/mol. The summed E-state index contributed by atoms with van der Waals surface area (Å²) < 4.78 is 11.0. The highest BCUT2D eigenvalue weighted by molar-refractivity contribution is 5.29. The number of rotatable bonds is 4. The van der Waals surface area contributed by atoms with Gasteiger partial charge in [-0.05, 0) is 56.8 Å². The highest BCUT2D eigenvalue weighted by atomic mass is 16.5. The molecule has 0 spiro atoms. The van der Waals surface area contributed by atoms with Crippen LogP contribution in [0, 0.1) is 0 Å². The first-order valence-corrected chi connectivity index (χ1v) is 7.94. The summed E-state index contributed by atoms with van der Waals surface area (Å²) in [6, 6.07) is 10.0. The SMILES string of the molecule is CCOc1ccc(C2CCCN2C2CCOCC2)cc1. The van der Waals surface area contributed by atoms with Crippen molar-refractivity contribution in [2.45, 2.75) is 44.7 Å². The van der Waals surface area contributed by atoms with Gasteiger partial charge >= 0.3 is 0 Å². The molecule has 0 radical (unpaired) electrons. The number of likely N-dealkylation sites (tertiary alicyclic amines) is 1. The summed E-state index contributed by atoms with van der Waals surface area (Å²) in [4.78, 5) is 2.71. The lowest BCUT2D eigenvalue weighted by Crippen LogP contribution is -2.38. The van der Waals surface area contributed by atoms with Gasteiger partial charge < -0.3 is 9.47 Å². The minimum absolute atomic E-state index is 0.591. The Morgan fingerprint density at radius 1 is 1.15 bits per heavy atom. The smallest absolute Gasteiger partial charge is 0.119 e. The molecule has 1 atom stereocenters. The van der Waals surface area contributed by atoms with E-state index in [0.717, 1.165) is 25.6 Å². The quantitative estimate of drug-likeness (QED) is 0.840. The van der Waals surface area contributed by atoms with Gasteiger partial charge in [0.15, 0.2) is 0 Å². The maximum Gasteiger partial charge on any atom is 0.119 e. The van der Waals surface area contributed by atoms with Crippen molar-refractivity contribution in [1.29, 1.82) is 0 Å². The van der Waals surface area contributed by atoms with E-state index in [1.165, 1.54) is 37.8 Å². The molecule has 0 N–H and O–H groups in total. The van der Waals surface area contributed by atoms with E-state index in [9.17, 15) is 0 Å². The second-order valence-corrected chi connectivity index (χ2v) is 5.74. The molecule has 0 bridgehead atoms. The van der Waals surface area contributed by atoms with Crippen LogP contribution in [0.1, 0.15) is 44.2 Å². The van der Waals surface area contributed by atoms with Gasteiger partial charge in [0.25, 0.3) is 0 Å². The number of hydrogen-bond acceptors (Lipinski definition) is 3. The van der Waals surface area contributed by atoms with E-state index in [1.54, 1.807) is 0 Å². The highest BCUT2D eigenvalue weighted by Crippen LogP contribution is 2.36. The van der Waals surface area contributed by atoms with Gasteiger partial charge in [-0.3, -0.25) is 4.90 Å². The van der Waals surface area contributed by atoms with Crippen LogP contribution >= 0.6 is 0 Å². The molecule has 1 aromatic rings. The van der Waals surface area contributed by atoms with E-state index in [-0.39, 0.29) is 0 Å². The molecule has 0 aliphatic carbocycles. The van der Waals surface area contributed by atoms with Gasteiger partial charge in [-0.1, -0.05) is 12.1 Å². The first-order chi connectivity index (χ1) is 9.88. The lowest BCUT2D eigenvalue weighted by atomic mass is 10.0. The van der Waals surface area contributed by atoms with Gasteiger partial charge in [-0.25, -0.2) is 0 Å². The predicted molar refractivity (Wildman–Crippen MR) is 80.1 cm³/mol. The van der Waals surface area contributed by atoms with Crippen LogP contribution in [0.15, 0.2) is 24.3 Å².